The molecule has 0 saturated heterocycles. The zero-order chi connectivity index (χ0) is 29.3. The van der Waals surface area contributed by atoms with E-state index in [9.17, 15) is 0 Å². The number of alkyl halides is 2. The average molecular weight is 685 g/mol. The normalized spacial score (nSPS) is 20.2. The molecule has 0 saturated carbocycles. The Morgan fingerprint density at radius 2 is 0.818 bits per heavy atom. The van der Waals surface area contributed by atoms with Gasteiger partial charge in [0.1, 0.15) is 0 Å². The van der Waals surface area contributed by atoms with Gasteiger partial charge < -0.3 is 0 Å². The minimum atomic E-state index is -0.732. The zero-order valence-electron chi connectivity index (χ0n) is 24.7. The molecule has 0 heterocycles. The smallest absolute Gasteiger partial charge is 0.0934 e. The standard InChI is InChI=1S/C41H30Cl2.Zr/c1-26-23-36-34(32-17-7-13-28-11-3-5-15-30(28)32)19-9-21-38(36)40(26,42)25-41(43)27(2)24-37-35(20-10-22-39(37)41)33-18-8-14-29-12-4-6-16-31(29)33;/h3-24H,25H2,1-2H3;. The number of hydrogen-bond acceptors (Lipinski definition) is 0. The van der Waals surface area contributed by atoms with E-state index in [0.29, 0.717) is 6.42 Å². The fourth-order valence-electron chi connectivity index (χ4n) is 7.41. The molecule has 44 heavy (non-hydrogen) atoms. The third-order valence-electron chi connectivity index (χ3n) is 9.68. The molecule has 6 aromatic rings. The van der Waals surface area contributed by atoms with Gasteiger partial charge in [-0.3, -0.25) is 0 Å². The number of fused-ring (bicyclic) bond motifs is 4. The van der Waals surface area contributed by atoms with Crippen LogP contribution in [-0.2, 0) is 36.0 Å². The summed E-state index contributed by atoms with van der Waals surface area (Å²) in [5, 5.41) is 4.96. The molecule has 6 aromatic carbocycles. The van der Waals surface area contributed by atoms with Crippen LogP contribution in [0.2, 0.25) is 0 Å². The van der Waals surface area contributed by atoms with E-state index < -0.39 is 9.75 Å². The van der Waals surface area contributed by atoms with Crippen molar-refractivity contribution in [3.63, 3.8) is 0 Å². The number of hydrogen-bond donors (Lipinski definition) is 0. The van der Waals surface area contributed by atoms with Crippen LogP contribution < -0.4 is 0 Å². The summed E-state index contributed by atoms with van der Waals surface area (Å²) in [6.07, 6.45) is 5.12. The topological polar surface area (TPSA) is 0 Å². The van der Waals surface area contributed by atoms with E-state index in [1.165, 1.54) is 54.9 Å². The molecule has 212 valence electrons. The summed E-state index contributed by atoms with van der Waals surface area (Å²) in [6.45, 7) is 4.31. The van der Waals surface area contributed by atoms with Gasteiger partial charge in [-0.15, -0.1) is 23.2 Å². The van der Waals surface area contributed by atoms with Crippen molar-refractivity contribution in [2.45, 2.75) is 30.0 Å². The molecule has 0 N–H and O–H groups in total. The van der Waals surface area contributed by atoms with Crippen molar-refractivity contribution in [1.29, 1.82) is 0 Å². The first-order valence-electron chi connectivity index (χ1n) is 14.9. The van der Waals surface area contributed by atoms with Crippen molar-refractivity contribution in [3.05, 3.63) is 155 Å². The van der Waals surface area contributed by atoms with Crippen molar-refractivity contribution in [2.24, 2.45) is 0 Å². The predicted octanol–water partition coefficient (Wildman–Crippen LogP) is 12.1. The van der Waals surface area contributed by atoms with Gasteiger partial charge in [-0.2, -0.15) is 0 Å². The first-order chi connectivity index (χ1) is 20.9. The Balaban J connectivity index is 0.00000312. The molecular weight excluding hydrogens is 655 g/mol. The summed E-state index contributed by atoms with van der Waals surface area (Å²) in [5.41, 5.74) is 11.8. The summed E-state index contributed by atoms with van der Waals surface area (Å²) >= 11 is 15.6. The van der Waals surface area contributed by atoms with Crippen LogP contribution in [-0.4, -0.2) is 0 Å². The molecule has 2 atom stereocenters. The van der Waals surface area contributed by atoms with Crippen molar-refractivity contribution >= 4 is 56.9 Å². The van der Waals surface area contributed by atoms with Gasteiger partial charge in [0.2, 0.25) is 0 Å². The first-order valence-corrected chi connectivity index (χ1v) is 15.6. The van der Waals surface area contributed by atoms with E-state index in [-0.39, 0.29) is 26.2 Å². The molecule has 0 aromatic heterocycles. The van der Waals surface area contributed by atoms with E-state index in [4.69, 9.17) is 23.2 Å². The Bertz CT molecular complexity index is 2010. The van der Waals surface area contributed by atoms with E-state index in [2.05, 4.69) is 147 Å². The van der Waals surface area contributed by atoms with Gasteiger partial charge in [-0.05, 0) is 91.0 Å². The summed E-state index contributed by atoms with van der Waals surface area (Å²) in [6, 6.07) is 43.3. The maximum absolute atomic E-state index is 7.79. The van der Waals surface area contributed by atoms with E-state index in [1.807, 2.05) is 0 Å². The summed E-state index contributed by atoms with van der Waals surface area (Å²) < 4.78 is 0. The Labute approximate surface area is 288 Å². The number of rotatable bonds is 4. The molecule has 0 radical (unpaired) electrons. The summed E-state index contributed by atoms with van der Waals surface area (Å²) in [7, 11) is 0. The fraction of sp³-hybridized carbons (Fsp3) is 0.122. The SMILES string of the molecule is CC1=Cc2c(-c3cccc4ccccc34)cccc2C1(Cl)CC1(Cl)C(C)=Cc2c(-c3cccc4ccccc34)cccc21.[Zr]. The summed E-state index contributed by atoms with van der Waals surface area (Å²) in [5.74, 6) is 0. The quantitative estimate of drug-likeness (QED) is 0.162. The number of benzene rings is 6. The maximum Gasteiger partial charge on any atom is 0.0934 e. The molecule has 0 aliphatic heterocycles. The van der Waals surface area contributed by atoms with Crippen molar-refractivity contribution < 1.29 is 26.2 Å². The second kappa shape index (κ2) is 11.0. The van der Waals surface area contributed by atoms with Gasteiger partial charge in [0.15, 0.2) is 0 Å². The Morgan fingerprint density at radius 1 is 0.455 bits per heavy atom. The Hall–Kier alpha value is -3.22. The molecule has 0 bridgehead atoms. The van der Waals surface area contributed by atoms with E-state index >= 15 is 0 Å². The zero-order valence-corrected chi connectivity index (χ0v) is 28.6. The van der Waals surface area contributed by atoms with Gasteiger partial charge in [0.05, 0.1) is 9.75 Å². The van der Waals surface area contributed by atoms with Crippen LogP contribution in [0.25, 0.3) is 56.0 Å². The molecule has 0 amide bonds. The van der Waals surface area contributed by atoms with Crippen LogP contribution >= 0.6 is 23.2 Å². The molecule has 8 rings (SSSR count). The van der Waals surface area contributed by atoms with Gasteiger partial charge in [0.25, 0.3) is 0 Å². The molecule has 0 nitrogen and oxygen atoms in total. The second-order valence-electron chi connectivity index (χ2n) is 12.0. The molecule has 0 spiro atoms. The van der Waals surface area contributed by atoms with Crippen LogP contribution in [0.5, 0.6) is 0 Å². The third kappa shape index (κ3) is 4.35. The van der Waals surface area contributed by atoms with Crippen LogP contribution in [0, 0.1) is 0 Å². The van der Waals surface area contributed by atoms with Crippen molar-refractivity contribution in [3.8, 4) is 22.3 Å². The van der Waals surface area contributed by atoms with Crippen LogP contribution in [0.3, 0.4) is 0 Å². The van der Waals surface area contributed by atoms with Crippen molar-refractivity contribution in [1.82, 2.24) is 0 Å². The average Bonchev–Trinajstić information content (AvgIpc) is 3.44. The van der Waals surface area contributed by atoms with Crippen molar-refractivity contribution in [2.75, 3.05) is 0 Å². The summed E-state index contributed by atoms with van der Waals surface area (Å²) in [4.78, 5) is -1.46. The van der Waals surface area contributed by atoms with Gasteiger partial charge in [-0.25, -0.2) is 0 Å². The largest absolute Gasteiger partial charge is 0.109 e. The number of allylic oxidation sites excluding steroid dienone is 2. The molecule has 2 aliphatic carbocycles. The Kier molecular flexibility index (Phi) is 7.37. The molecule has 0 fully saturated rings. The molecule has 2 unspecified atom stereocenters. The third-order valence-corrected chi connectivity index (χ3v) is 11.0. The van der Waals surface area contributed by atoms with E-state index in [1.54, 1.807) is 0 Å². The van der Waals surface area contributed by atoms with Gasteiger partial charge in [0, 0.05) is 32.6 Å². The minimum Gasteiger partial charge on any atom is -0.109 e. The van der Waals surface area contributed by atoms with Crippen LogP contribution in [0.4, 0.5) is 0 Å². The maximum atomic E-state index is 7.79. The van der Waals surface area contributed by atoms with Crippen LogP contribution in [0.15, 0.2) is 132 Å². The first kappa shape index (κ1) is 29.5. The molecule has 2 aliphatic rings. The minimum absolute atomic E-state index is 0. The monoisotopic (exact) mass is 682 g/mol. The molecular formula is C41H30Cl2Zr. The van der Waals surface area contributed by atoms with E-state index in [0.717, 1.165) is 22.3 Å². The van der Waals surface area contributed by atoms with Crippen LogP contribution in [0.1, 0.15) is 42.5 Å². The Morgan fingerprint density at radius 3 is 1.27 bits per heavy atom. The number of halogens is 2. The van der Waals surface area contributed by atoms with Gasteiger partial charge >= 0.3 is 0 Å². The second-order valence-corrected chi connectivity index (χ2v) is 13.3. The molecule has 3 heteroatoms. The van der Waals surface area contributed by atoms with Gasteiger partial charge in [-0.1, -0.05) is 133 Å². The fourth-order valence-corrected chi connectivity index (χ4v) is 8.32. The predicted molar refractivity (Wildman–Crippen MR) is 186 cm³/mol.